The van der Waals surface area contributed by atoms with Gasteiger partial charge in [0.25, 0.3) is 0 Å². The maximum absolute atomic E-state index is 13.5. The number of hydrogen-bond acceptors (Lipinski definition) is 6. The molecule has 1 aliphatic rings. The van der Waals surface area contributed by atoms with Crippen molar-refractivity contribution in [2.24, 2.45) is 0 Å². The second-order valence-corrected chi connectivity index (χ2v) is 6.56. The van der Waals surface area contributed by atoms with Crippen LogP contribution in [0.2, 0.25) is 0 Å². The Kier molecular flexibility index (Phi) is 6.59. The molecule has 0 bridgehead atoms. The van der Waals surface area contributed by atoms with Gasteiger partial charge in [0.05, 0.1) is 19.6 Å². The molecule has 8 nitrogen and oxygen atoms in total. The molecule has 0 unspecified atom stereocenters. The Balaban J connectivity index is 1.35. The molecule has 1 aliphatic heterocycles. The van der Waals surface area contributed by atoms with Crippen LogP contribution in [0.4, 0.5) is 10.2 Å². The summed E-state index contributed by atoms with van der Waals surface area (Å²) in [4.78, 5) is 28.0. The molecule has 9 heteroatoms. The Morgan fingerprint density at radius 3 is 2.68 bits per heavy atom. The molecule has 3 rings (SSSR count). The summed E-state index contributed by atoms with van der Waals surface area (Å²) in [5, 5.41) is 6.41. The molecule has 0 aliphatic carbocycles. The predicted octanol–water partition coefficient (Wildman–Crippen LogP) is 1.67. The molecule has 1 N–H and O–H groups in total. The van der Waals surface area contributed by atoms with E-state index in [2.05, 4.69) is 10.5 Å². The normalized spacial score (nSPS) is 14.7. The van der Waals surface area contributed by atoms with Crippen LogP contribution in [0.25, 0.3) is 0 Å². The van der Waals surface area contributed by atoms with Crippen LogP contribution in [0.5, 0.6) is 5.75 Å². The second kappa shape index (κ2) is 9.32. The summed E-state index contributed by atoms with van der Waals surface area (Å²) in [5.41, 5.74) is 0. The van der Waals surface area contributed by atoms with Gasteiger partial charge in [-0.1, -0.05) is 17.3 Å². The number of piperazine rings is 1. The van der Waals surface area contributed by atoms with Gasteiger partial charge in [-0.3, -0.25) is 14.5 Å². The molecular weight excluding hydrogens is 367 g/mol. The van der Waals surface area contributed by atoms with Crippen LogP contribution in [-0.2, 0) is 9.59 Å². The topological polar surface area (TPSA) is 87.9 Å². The van der Waals surface area contributed by atoms with E-state index in [1.807, 2.05) is 4.90 Å². The lowest BCUT2D eigenvalue weighted by molar-refractivity contribution is -0.133. The number of para-hydroxylation sites is 1. The van der Waals surface area contributed by atoms with Gasteiger partial charge in [0.2, 0.25) is 11.8 Å². The average molecular weight is 390 g/mol. The number of aromatic nitrogens is 1. The Hall–Kier alpha value is -2.94. The molecule has 1 saturated heterocycles. The number of hydrogen-bond donors (Lipinski definition) is 1. The fourth-order valence-electron chi connectivity index (χ4n) is 2.93. The van der Waals surface area contributed by atoms with Crippen molar-refractivity contribution in [3.05, 3.63) is 41.9 Å². The summed E-state index contributed by atoms with van der Waals surface area (Å²) in [6, 6.07) is 7.76. The van der Waals surface area contributed by atoms with Crippen molar-refractivity contribution < 1.29 is 23.2 Å². The first-order chi connectivity index (χ1) is 13.5. The van der Waals surface area contributed by atoms with Gasteiger partial charge in [-0.2, -0.15) is 0 Å². The lowest BCUT2D eigenvalue weighted by atomic mass is 10.2. The van der Waals surface area contributed by atoms with Crippen LogP contribution in [-0.4, -0.2) is 66.1 Å². The molecule has 28 heavy (non-hydrogen) atoms. The van der Waals surface area contributed by atoms with Crippen LogP contribution in [0.3, 0.4) is 0 Å². The summed E-state index contributed by atoms with van der Waals surface area (Å²) in [6.07, 6.45) is 0.181. The Morgan fingerprint density at radius 2 is 2.00 bits per heavy atom. The van der Waals surface area contributed by atoms with Gasteiger partial charge in [-0.05, 0) is 19.1 Å². The highest BCUT2D eigenvalue weighted by molar-refractivity contribution is 5.91. The van der Waals surface area contributed by atoms with Crippen molar-refractivity contribution in [2.45, 2.75) is 13.3 Å². The molecule has 0 radical (unpaired) electrons. The molecular formula is C19H23FN4O4. The molecule has 1 aromatic heterocycles. The number of ether oxygens (including phenoxy) is 1. The highest BCUT2D eigenvalue weighted by Crippen LogP contribution is 2.15. The van der Waals surface area contributed by atoms with Crippen molar-refractivity contribution in [3.63, 3.8) is 0 Å². The molecule has 0 saturated carbocycles. The molecule has 2 heterocycles. The first kappa shape index (κ1) is 19.8. The zero-order valence-corrected chi connectivity index (χ0v) is 15.7. The van der Waals surface area contributed by atoms with Crippen LogP contribution >= 0.6 is 0 Å². The Labute approximate surface area is 162 Å². The van der Waals surface area contributed by atoms with E-state index in [9.17, 15) is 14.0 Å². The van der Waals surface area contributed by atoms with E-state index in [1.165, 1.54) is 12.1 Å². The number of rotatable bonds is 7. The van der Waals surface area contributed by atoms with Crippen LogP contribution < -0.4 is 10.1 Å². The molecule has 2 amide bonds. The van der Waals surface area contributed by atoms with Gasteiger partial charge < -0.3 is 19.5 Å². The van der Waals surface area contributed by atoms with E-state index in [-0.39, 0.29) is 37.1 Å². The predicted molar refractivity (Wildman–Crippen MR) is 99.4 cm³/mol. The highest BCUT2D eigenvalue weighted by Gasteiger charge is 2.22. The number of benzene rings is 1. The summed E-state index contributed by atoms with van der Waals surface area (Å²) in [5.74, 6) is 0.508. The molecule has 0 atom stereocenters. The van der Waals surface area contributed by atoms with Gasteiger partial charge in [0, 0.05) is 32.2 Å². The summed E-state index contributed by atoms with van der Waals surface area (Å²) < 4.78 is 23.7. The first-order valence-corrected chi connectivity index (χ1v) is 9.12. The van der Waals surface area contributed by atoms with Gasteiger partial charge in [-0.25, -0.2) is 4.39 Å². The highest BCUT2D eigenvalue weighted by atomic mass is 19.1. The van der Waals surface area contributed by atoms with E-state index in [0.29, 0.717) is 37.8 Å². The third-order valence-electron chi connectivity index (χ3n) is 4.40. The van der Waals surface area contributed by atoms with Crippen molar-refractivity contribution in [3.8, 4) is 5.75 Å². The third-order valence-corrected chi connectivity index (χ3v) is 4.40. The smallest absolute Gasteiger partial charge is 0.239 e. The molecule has 1 fully saturated rings. The lowest BCUT2D eigenvalue weighted by Crippen LogP contribution is -2.50. The number of nitrogens with zero attached hydrogens (tertiary/aromatic N) is 3. The average Bonchev–Trinajstić information content (AvgIpc) is 3.08. The largest absolute Gasteiger partial charge is 0.490 e. The fraction of sp³-hybridized carbons (Fsp3) is 0.421. The van der Waals surface area contributed by atoms with Crippen molar-refractivity contribution in [1.82, 2.24) is 15.0 Å². The SMILES string of the molecule is Cc1cc(NC(=O)CN2CCN(C(=O)CCOc3ccccc3F)CC2)no1. The number of carbonyl (C=O) groups excluding carboxylic acids is 2. The minimum absolute atomic E-state index is 0.0430. The second-order valence-electron chi connectivity index (χ2n) is 6.56. The van der Waals surface area contributed by atoms with Crippen LogP contribution in [0, 0.1) is 12.7 Å². The molecule has 1 aromatic carbocycles. The van der Waals surface area contributed by atoms with E-state index in [0.717, 1.165) is 0 Å². The third kappa shape index (κ3) is 5.53. The minimum atomic E-state index is -0.442. The monoisotopic (exact) mass is 390 g/mol. The molecule has 0 spiro atoms. The number of carbonyl (C=O) groups is 2. The molecule has 2 aromatic rings. The number of amides is 2. The number of anilines is 1. The fourth-order valence-corrected chi connectivity index (χ4v) is 2.93. The van der Waals surface area contributed by atoms with Crippen molar-refractivity contribution in [2.75, 3.05) is 44.6 Å². The number of halogens is 1. The van der Waals surface area contributed by atoms with E-state index >= 15 is 0 Å². The van der Waals surface area contributed by atoms with Gasteiger partial charge in [0.1, 0.15) is 5.76 Å². The summed E-state index contributed by atoms with van der Waals surface area (Å²) in [6.45, 7) is 4.38. The van der Waals surface area contributed by atoms with Gasteiger partial charge in [-0.15, -0.1) is 0 Å². The summed E-state index contributed by atoms with van der Waals surface area (Å²) >= 11 is 0. The van der Waals surface area contributed by atoms with Crippen LogP contribution in [0.1, 0.15) is 12.2 Å². The zero-order valence-electron chi connectivity index (χ0n) is 15.7. The van der Waals surface area contributed by atoms with Gasteiger partial charge >= 0.3 is 0 Å². The number of nitrogens with one attached hydrogen (secondary N) is 1. The van der Waals surface area contributed by atoms with E-state index in [4.69, 9.17) is 9.26 Å². The first-order valence-electron chi connectivity index (χ1n) is 9.12. The maximum atomic E-state index is 13.5. The van der Waals surface area contributed by atoms with Crippen molar-refractivity contribution >= 4 is 17.6 Å². The zero-order chi connectivity index (χ0) is 19.9. The minimum Gasteiger partial charge on any atom is -0.490 e. The van der Waals surface area contributed by atoms with Crippen molar-refractivity contribution in [1.29, 1.82) is 0 Å². The van der Waals surface area contributed by atoms with E-state index in [1.54, 1.807) is 30.0 Å². The standard InChI is InChI=1S/C19H23FN4O4/c1-14-12-17(22-28-14)21-18(25)13-23-7-9-24(10-8-23)19(26)6-11-27-16-5-3-2-4-15(16)20/h2-5,12H,6-11,13H2,1H3,(H,21,22,25). The van der Waals surface area contributed by atoms with Gasteiger partial charge in [0.15, 0.2) is 17.4 Å². The maximum Gasteiger partial charge on any atom is 0.239 e. The lowest BCUT2D eigenvalue weighted by Gasteiger charge is -2.34. The van der Waals surface area contributed by atoms with E-state index < -0.39 is 5.82 Å². The quantitative estimate of drug-likeness (QED) is 0.774. The Morgan fingerprint density at radius 1 is 1.25 bits per heavy atom. The van der Waals surface area contributed by atoms with Crippen LogP contribution in [0.15, 0.2) is 34.9 Å². The number of aryl methyl sites for hydroxylation is 1. The summed E-state index contributed by atoms with van der Waals surface area (Å²) in [7, 11) is 0. The Bertz CT molecular complexity index is 818. The molecule has 150 valence electrons.